The maximum atomic E-state index is 11.9. The molecule has 2 N–H and O–H groups in total. The Morgan fingerprint density at radius 3 is 2.83 bits per heavy atom. The predicted octanol–water partition coefficient (Wildman–Crippen LogP) is 3.38. The van der Waals surface area contributed by atoms with Crippen LogP contribution in [0.15, 0.2) is 47.0 Å². The highest BCUT2D eigenvalue weighted by Crippen LogP contribution is 2.26. The average molecular weight is 386 g/mol. The van der Waals surface area contributed by atoms with Gasteiger partial charge < -0.3 is 9.46 Å². The maximum Gasteiger partial charge on any atom is 0.243 e. The van der Waals surface area contributed by atoms with E-state index in [1.807, 2.05) is 12.1 Å². The second-order valence-corrected chi connectivity index (χ2v) is 7.49. The van der Waals surface area contributed by atoms with Gasteiger partial charge in [0.05, 0.1) is 12.8 Å². The van der Waals surface area contributed by atoms with Gasteiger partial charge in [-0.2, -0.15) is 0 Å². The standard InChI is InChI=1S/C15H16ClN3O3S2/c1-17-24(20,21)15-10-18-7-5-13(15)19-23-8-6-11-3-4-12(16)9-14(11)22-2/h3-10,17H,1-2H3,(H,18,19)/b8-6+. The van der Waals surface area contributed by atoms with E-state index in [1.54, 1.807) is 30.7 Å². The van der Waals surface area contributed by atoms with Gasteiger partial charge >= 0.3 is 0 Å². The quantitative estimate of drug-likeness (QED) is 0.711. The van der Waals surface area contributed by atoms with Crippen LogP contribution in [0, 0.1) is 0 Å². The summed E-state index contributed by atoms with van der Waals surface area (Å²) in [7, 11) is -0.658. The van der Waals surface area contributed by atoms with Gasteiger partial charge in [0.25, 0.3) is 0 Å². The van der Waals surface area contributed by atoms with Gasteiger partial charge in [0.2, 0.25) is 10.0 Å². The molecule has 2 aromatic rings. The number of halogens is 1. The third-order valence-electron chi connectivity index (χ3n) is 3.02. The molecule has 0 aliphatic rings. The first-order valence-corrected chi connectivity index (χ1v) is 9.51. The van der Waals surface area contributed by atoms with Crippen LogP contribution in [0.2, 0.25) is 5.02 Å². The van der Waals surface area contributed by atoms with Crippen molar-refractivity contribution < 1.29 is 13.2 Å². The van der Waals surface area contributed by atoms with Gasteiger partial charge in [-0.15, -0.1) is 0 Å². The molecule has 0 aliphatic carbocycles. The molecule has 0 aliphatic heterocycles. The molecule has 9 heteroatoms. The van der Waals surface area contributed by atoms with Crippen molar-refractivity contribution in [2.24, 2.45) is 0 Å². The normalized spacial score (nSPS) is 11.6. The number of hydrogen-bond acceptors (Lipinski definition) is 6. The molecule has 24 heavy (non-hydrogen) atoms. The lowest BCUT2D eigenvalue weighted by molar-refractivity contribution is 0.414. The van der Waals surface area contributed by atoms with Crippen molar-refractivity contribution in [3.63, 3.8) is 0 Å². The van der Waals surface area contributed by atoms with Gasteiger partial charge in [-0.25, -0.2) is 13.1 Å². The molecule has 0 unspecified atom stereocenters. The number of rotatable bonds is 7. The molecule has 0 amide bonds. The first-order chi connectivity index (χ1) is 11.5. The molecular weight excluding hydrogens is 370 g/mol. The first-order valence-electron chi connectivity index (χ1n) is 6.77. The molecule has 1 aromatic heterocycles. The summed E-state index contributed by atoms with van der Waals surface area (Å²) in [6.07, 6.45) is 4.64. The largest absolute Gasteiger partial charge is 0.496 e. The molecular formula is C15H16ClN3O3S2. The number of nitrogens with one attached hydrogen (secondary N) is 2. The van der Waals surface area contributed by atoms with Crippen molar-refractivity contribution in [3.05, 3.63) is 52.7 Å². The topological polar surface area (TPSA) is 80.3 Å². The second-order valence-electron chi connectivity index (χ2n) is 4.49. The van der Waals surface area contributed by atoms with E-state index in [1.165, 1.54) is 31.4 Å². The van der Waals surface area contributed by atoms with Crippen LogP contribution < -0.4 is 14.2 Å². The predicted molar refractivity (Wildman–Crippen MR) is 98.7 cm³/mol. The SMILES string of the molecule is CNS(=O)(=O)c1cnccc1NS/C=C/c1ccc(Cl)cc1OC. The lowest BCUT2D eigenvalue weighted by Crippen LogP contribution is -2.19. The number of pyridine rings is 1. The van der Waals surface area contributed by atoms with E-state index in [9.17, 15) is 8.42 Å². The highest BCUT2D eigenvalue weighted by atomic mass is 35.5. The smallest absolute Gasteiger partial charge is 0.243 e. The fourth-order valence-electron chi connectivity index (χ4n) is 1.82. The van der Waals surface area contributed by atoms with Crippen molar-refractivity contribution in [1.82, 2.24) is 9.71 Å². The molecule has 6 nitrogen and oxygen atoms in total. The Bertz CT molecular complexity index is 842. The Balaban J connectivity index is 2.11. The lowest BCUT2D eigenvalue weighted by atomic mass is 10.2. The van der Waals surface area contributed by atoms with E-state index in [2.05, 4.69) is 14.4 Å². The molecule has 1 heterocycles. The molecule has 1 aromatic carbocycles. The Hall–Kier alpha value is -1.74. The minimum atomic E-state index is -3.58. The summed E-state index contributed by atoms with van der Waals surface area (Å²) in [5.74, 6) is 0.654. The molecule has 0 fully saturated rings. The maximum absolute atomic E-state index is 11.9. The fourth-order valence-corrected chi connectivity index (χ4v) is 3.46. The number of nitrogens with zero attached hydrogens (tertiary/aromatic N) is 1. The summed E-state index contributed by atoms with van der Waals surface area (Å²) in [6, 6.07) is 6.91. The van der Waals surface area contributed by atoms with E-state index in [0.29, 0.717) is 16.5 Å². The average Bonchev–Trinajstić information content (AvgIpc) is 2.59. The monoisotopic (exact) mass is 385 g/mol. The molecule has 0 bridgehead atoms. The Morgan fingerprint density at radius 2 is 2.12 bits per heavy atom. The van der Waals surface area contributed by atoms with Gasteiger partial charge in [0, 0.05) is 23.0 Å². The van der Waals surface area contributed by atoms with Crippen molar-refractivity contribution in [2.75, 3.05) is 18.9 Å². The van der Waals surface area contributed by atoms with Crippen LogP contribution in [0.25, 0.3) is 6.08 Å². The number of methoxy groups -OCH3 is 1. The minimum absolute atomic E-state index is 0.0810. The van der Waals surface area contributed by atoms with Gasteiger partial charge in [-0.05, 0) is 54.7 Å². The Morgan fingerprint density at radius 1 is 1.33 bits per heavy atom. The Labute approximate surface area is 150 Å². The second kappa shape index (κ2) is 8.39. The zero-order valence-corrected chi connectivity index (χ0v) is 15.4. The van der Waals surface area contributed by atoms with Crippen LogP contribution in [-0.2, 0) is 10.0 Å². The summed E-state index contributed by atoms with van der Waals surface area (Å²) in [6.45, 7) is 0. The van der Waals surface area contributed by atoms with Crippen molar-refractivity contribution in [3.8, 4) is 5.75 Å². The van der Waals surface area contributed by atoms with Crippen LogP contribution in [0.5, 0.6) is 5.75 Å². The van der Waals surface area contributed by atoms with E-state index in [0.717, 1.165) is 5.56 Å². The number of sulfonamides is 1. The minimum Gasteiger partial charge on any atom is -0.496 e. The lowest BCUT2D eigenvalue weighted by Gasteiger charge is -2.09. The molecule has 0 saturated carbocycles. The number of benzene rings is 1. The summed E-state index contributed by atoms with van der Waals surface area (Å²) in [5, 5.41) is 2.37. The van der Waals surface area contributed by atoms with Gasteiger partial charge in [0.1, 0.15) is 10.6 Å². The van der Waals surface area contributed by atoms with Crippen LogP contribution in [-0.4, -0.2) is 27.6 Å². The first kappa shape index (κ1) is 18.6. The van der Waals surface area contributed by atoms with E-state index >= 15 is 0 Å². The van der Waals surface area contributed by atoms with Gasteiger partial charge in [0.15, 0.2) is 0 Å². The zero-order valence-electron chi connectivity index (χ0n) is 13.0. The summed E-state index contributed by atoms with van der Waals surface area (Å²) < 4.78 is 34.4. The highest BCUT2D eigenvalue weighted by molar-refractivity contribution is 8.03. The van der Waals surface area contributed by atoms with Crippen LogP contribution in [0.1, 0.15) is 5.56 Å². The van der Waals surface area contributed by atoms with Crippen molar-refractivity contribution in [1.29, 1.82) is 0 Å². The molecule has 0 radical (unpaired) electrons. The number of aromatic nitrogens is 1. The van der Waals surface area contributed by atoms with E-state index in [-0.39, 0.29) is 4.90 Å². The molecule has 0 saturated heterocycles. The molecule has 128 valence electrons. The van der Waals surface area contributed by atoms with Crippen molar-refractivity contribution >= 4 is 45.3 Å². The van der Waals surface area contributed by atoms with Crippen LogP contribution in [0.4, 0.5) is 5.69 Å². The van der Waals surface area contributed by atoms with Crippen molar-refractivity contribution in [2.45, 2.75) is 4.90 Å². The molecule has 0 atom stereocenters. The number of ether oxygens (including phenoxy) is 1. The summed E-state index contributed by atoms with van der Waals surface area (Å²) in [4.78, 5) is 3.93. The fraction of sp³-hybridized carbons (Fsp3) is 0.133. The van der Waals surface area contributed by atoms with E-state index < -0.39 is 10.0 Å². The highest BCUT2D eigenvalue weighted by Gasteiger charge is 2.16. The van der Waals surface area contributed by atoms with Crippen LogP contribution >= 0.6 is 23.5 Å². The number of anilines is 1. The Kier molecular flexibility index (Phi) is 6.50. The van der Waals surface area contributed by atoms with E-state index in [4.69, 9.17) is 16.3 Å². The van der Waals surface area contributed by atoms with Gasteiger partial charge in [-0.3, -0.25) is 4.98 Å². The van der Waals surface area contributed by atoms with Crippen LogP contribution in [0.3, 0.4) is 0 Å². The zero-order chi connectivity index (χ0) is 17.6. The number of hydrogen-bond donors (Lipinski definition) is 2. The van der Waals surface area contributed by atoms with Gasteiger partial charge in [-0.1, -0.05) is 11.6 Å². The molecule has 0 spiro atoms. The summed E-state index contributed by atoms with van der Waals surface area (Å²) in [5.41, 5.74) is 1.30. The third kappa shape index (κ3) is 4.64. The summed E-state index contributed by atoms with van der Waals surface area (Å²) >= 11 is 7.15. The molecule has 2 rings (SSSR count). The third-order valence-corrected chi connectivity index (χ3v) is 5.31.